The van der Waals surface area contributed by atoms with Crippen LogP contribution in [0.5, 0.6) is 0 Å². The van der Waals surface area contributed by atoms with E-state index in [1.807, 2.05) is 18.2 Å². The highest BCUT2D eigenvalue weighted by molar-refractivity contribution is 5.41. The summed E-state index contributed by atoms with van der Waals surface area (Å²) in [5.74, 6) is 1.52. The first-order valence-corrected chi connectivity index (χ1v) is 7.59. The van der Waals surface area contributed by atoms with Crippen LogP contribution in [-0.2, 0) is 0 Å². The second-order valence-corrected chi connectivity index (χ2v) is 5.46. The van der Waals surface area contributed by atoms with Crippen molar-refractivity contribution in [2.24, 2.45) is 0 Å². The summed E-state index contributed by atoms with van der Waals surface area (Å²) in [4.78, 5) is 6.89. The monoisotopic (exact) mass is 283 g/mol. The fourth-order valence-corrected chi connectivity index (χ4v) is 2.65. The predicted molar refractivity (Wildman–Crippen MR) is 84.4 cm³/mol. The van der Waals surface area contributed by atoms with Crippen molar-refractivity contribution in [3.63, 3.8) is 0 Å². The van der Waals surface area contributed by atoms with Crippen molar-refractivity contribution < 1.29 is 0 Å². The van der Waals surface area contributed by atoms with Gasteiger partial charge < -0.3 is 10.2 Å². The first-order valence-electron chi connectivity index (χ1n) is 7.59. The average molecular weight is 283 g/mol. The molecule has 0 aliphatic carbocycles. The van der Waals surface area contributed by atoms with Gasteiger partial charge >= 0.3 is 0 Å². The Morgan fingerprint density at radius 3 is 2.62 bits per heavy atom. The number of anilines is 2. The zero-order chi connectivity index (χ0) is 14.5. The minimum absolute atomic E-state index is 0.157. The first kappa shape index (κ1) is 13.8. The van der Waals surface area contributed by atoms with Crippen molar-refractivity contribution in [2.75, 3.05) is 23.3 Å². The quantitative estimate of drug-likeness (QED) is 0.934. The molecule has 1 atom stereocenters. The molecule has 0 bridgehead atoms. The van der Waals surface area contributed by atoms with Crippen LogP contribution in [0.15, 0.2) is 36.5 Å². The number of rotatable bonds is 4. The molecule has 1 aromatic heterocycles. The smallest absolute Gasteiger partial charge is 0.245 e. The Morgan fingerprint density at radius 1 is 1.10 bits per heavy atom. The fraction of sp³-hybridized carbons (Fsp3) is 0.438. The first-order chi connectivity index (χ1) is 10.3. The Bertz CT molecular complexity index is 566. The van der Waals surface area contributed by atoms with Gasteiger partial charge in [0.1, 0.15) is 0 Å². The summed E-state index contributed by atoms with van der Waals surface area (Å²) in [6, 6.07) is 10.4. The number of hydrogen-bond donors (Lipinski definition) is 1. The number of aromatic nitrogens is 3. The third-order valence-corrected chi connectivity index (χ3v) is 3.87. The lowest BCUT2D eigenvalue weighted by Gasteiger charge is -2.27. The Labute approximate surface area is 125 Å². The van der Waals surface area contributed by atoms with E-state index in [0.29, 0.717) is 5.95 Å². The van der Waals surface area contributed by atoms with E-state index in [-0.39, 0.29) is 6.04 Å². The van der Waals surface area contributed by atoms with Gasteiger partial charge in [-0.2, -0.15) is 10.1 Å². The van der Waals surface area contributed by atoms with E-state index in [9.17, 15) is 0 Å². The second-order valence-electron chi connectivity index (χ2n) is 5.46. The van der Waals surface area contributed by atoms with Crippen LogP contribution in [0, 0.1) is 0 Å². The summed E-state index contributed by atoms with van der Waals surface area (Å²) in [5, 5.41) is 11.5. The minimum Gasteiger partial charge on any atom is -0.355 e. The third-order valence-electron chi connectivity index (χ3n) is 3.87. The summed E-state index contributed by atoms with van der Waals surface area (Å²) >= 11 is 0. The van der Waals surface area contributed by atoms with Crippen LogP contribution in [0.1, 0.15) is 37.8 Å². The van der Waals surface area contributed by atoms with E-state index in [0.717, 1.165) is 18.9 Å². The molecule has 1 aromatic carbocycles. The Balaban J connectivity index is 1.71. The van der Waals surface area contributed by atoms with E-state index in [1.54, 1.807) is 6.20 Å². The van der Waals surface area contributed by atoms with Gasteiger partial charge in [0.15, 0.2) is 5.82 Å². The molecule has 5 heteroatoms. The zero-order valence-electron chi connectivity index (χ0n) is 12.4. The highest BCUT2D eigenvalue weighted by Gasteiger charge is 2.14. The maximum atomic E-state index is 4.60. The molecule has 3 rings (SSSR count). The molecule has 1 aliphatic rings. The minimum atomic E-state index is 0.157. The summed E-state index contributed by atoms with van der Waals surface area (Å²) in [6.07, 6.45) is 5.52. The van der Waals surface area contributed by atoms with Gasteiger partial charge in [-0.05, 0) is 31.7 Å². The molecule has 1 saturated heterocycles. The molecule has 0 saturated carbocycles. The van der Waals surface area contributed by atoms with Gasteiger partial charge in [0.2, 0.25) is 5.95 Å². The summed E-state index contributed by atoms with van der Waals surface area (Å²) < 4.78 is 0. The lowest BCUT2D eigenvalue weighted by Crippen LogP contribution is -2.30. The largest absolute Gasteiger partial charge is 0.355 e. The van der Waals surface area contributed by atoms with E-state index < -0.39 is 0 Å². The van der Waals surface area contributed by atoms with E-state index in [1.165, 1.54) is 24.8 Å². The van der Waals surface area contributed by atoms with Gasteiger partial charge in [0.05, 0.1) is 12.2 Å². The molecule has 21 heavy (non-hydrogen) atoms. The molecule has 0 radical (unpaired) electrons. The fourth-order valence-electron chi connectivity index (χ4n) is 2.65. The highest BCUT2D eigenvalue weighted by atomic mass is 15.3. The molecule has 0 spiro atoms. The van der Waals surface area contributed by atoms with Gasteiger partial charge in [-0.25, -0.2) is 0 Å². The van der Waals surface area contributed by atoms with Crippen LogP contribution >= 0.6 is 0 Å². The number of hydrogen-bond acceptors (Lipinski definition) is 5. The zero-order valence-corrected chi connectivity index (χ0v) is 12.4. The van der Waals surface area contributed by atoms with Crippen molar-refractivity contribution in [3.05, 3.63) is 42.1 Å². The number of benzene rings is 1. The van der Waals surface area contributed by atoms with Crippen LogP contribution < -0.4 is 10.2 Å². The molecular weight excluding hydrogens is 262 g/mol. The van der Waals surface area contributed by atoms with Crippen LogP contribution in [0.4, 0.5) is 11.8 Å². The maximum Gasteiger partial charge on any atom is 0.245 e. The molecular formula is C16H21N5. The molecule has 1 N–H and O–H groups in total. The van der Waals surface area contributed by atoms with E-state index in [4.69, 9.17) is 0 Å². The summed E-state index contributed by atoms with van der Waals surface area (Å²) in [5.41, 5.74) is 1.21. The lowest BCUT2D eigenvalue weighted by atomic mass is 10.1. The van der Waals surface area contributed by atoms with Gasteiger partial charge in [0.25, 0.3) is 0 Å². The van der Waals surface area contributed by atoms with Crippen LogP contribution in [-0.4, -0.2) is 28.3 Å². The third kappa shape index (κ3) is 3.48. The van der Waals surface area contributed by atoms with E-state index >= 15 is 0 Å². The topological polar surface area (TPSA) is 53.9 Å². The SMILES string of the molecule is CC(Nc1nncc(N2CCCCC2)n1)c1ccccc1. The molecule has 1 aliphatic heterocycles. The predicted octanol–water partition coefficient (Wildman–Crippen LogP) is 3.04. The van der Waals surface area contributed by atoms with Gasteiger partial charge in [0, 0.05) is 13.1 Å². The van der Waals surface area contributed by atoms with Gasteiger partial charge in [-0.3, -0.25) is 0 Å². The lowest BCUT2D eigenvalue weighted by molar-refractivity contribution is 0.571. The number of nitrogens with one attached hydrogen (secondary N) is 1. The van der Waals surface area contributed by atoms with Crippen LogP contribution in [0.2, 0.25) is 0 Å². The summed E-state index contributed by atoms with van der Waals surface area (Å²) in [7, 11) is 0. The van der Waals surface area contributed by atoms with E-state index in [2.05, 4.69) is 44.5 Å². The van der Waals surface area contributed by atoms with Crippen molar-refractivity contribution in [1.29, 1.82) is 0 Å². The second kappa shape index (κ2) is 6.52. The van der Waals surface area contributed by atoms with Crippen LogP contribution in [0.25, 0.3) is 0 Å². The molecule has 0 amide bonds. The average Bonchev–Trinajstić information content (AvgIpc) is 2.57. The number of nitrogens with zero attached hydrogens (tertiary/aromatic N) is 4. The normalized spacial score (nSPS) is 16.5. The Hall–Kier alpha value is -2.17. The van der Waals surface area contributed by atoms with Crippen molar-refractivity contribution in [3.8, 4) is 0 Å². The summed E-state index contributed by atoms with van der Waals surface area (Å²) in [6.45, 7) is 4.23. The molecule has 1 unspecified atom stereocenters. The molecule has 5 nitrogen and oxygen atoms in total. The molecule has 1 fully saturated rings. The van der Waals surface area contributed by atoms with Gasteiger partial charge in [-0.1, -0.05) is 30.3 Å². The van der Waals surface area contributed by atoms with Crippen LogP contribution in [0.3, 0.4) is 0 Å². The molecule has 110 valence electrons. The Kier molecular flexibility index (Phi) is 4.28. The molecule has 2 heterocycles. The molecule has 2 aromatic rings. The maximum absolute atomic E-state index is 4.60. The Morgan fingerprint density at radius 2 is 1.86 bits per heavy atom. The van der Waals surface area contributed by atoms with Crippen molar-refractivity contribution >= 4 is 11.8 Å². The highest BCUT2D eigenvalue weighted by Crippen LogP contribution is 2.20. The van der Waals surface area contributed by atoms with Crippen molar-refractivity contribution in [1.82, 2.24) is 15.2 Å². The number of piperidine rings is 1. The standard InChI is InChI=1S/C16H21N5/c1-13(14-8-4-2-5-9-14)18-16-19-15(12-17-20-16)21-10-6-3-7-11-21/h2,4-5,8-9,12-13H,3,6-7,10-11H2,1H3,(H,18,19,20). The van der Waals surface area contributed by atoms with Crippen molar-refractivity contribution in [2.45, 2.75) is 32.2 Å². The van der Waals surface area contributed by atoms with Gasteiger partial charge in [-0.15, -0.1) is 5.10 Å².